The molecule has 0 saturated heterocycles. The lowest BCUT2D eigenvalue weighted by Gasteiger charge is -2.27. The summed E-state index contributed by atoms with van der Waals surface area (Å²) in [6.45, 7) is 4.19. The van der Waals surface area contributed by atoms with Crippen LogP contribution in [0.25, 0.3) is 28.7 Å². The molecule has 8 rings (SSSR count). The molecule has 1 atom stereocenters. The van der Waals surface area contributed by atoms with Gasteiger partial charge in [0, 0.05) is 39.7 Å². The summed E-state index contributed by atoms with van der Waals surface area (Å²) in [6.07, 6.45) is 12.6. The molecule has 5 nitrogen and oxygen atoms in total. The molecule has 0 saturated carbocycles. The third kappa shape index (κ3) is 5.76. The van der Waals surface area contributed by atoms with E-state index in [0.29, 0.717) is 5.84 Å². The number of allylic oxidation sites excluding steroid dienone is 5. The van der Waals surface area contributed by atoms with Gasteiger partial charge in [-0.25, -0.2) is 0 Å². The standard InChI is InChI=1S/C44H36N4O/c1-2-40-36(37-22-12-13-24-41(37)47(40)33-18-8-4-9-19-33)23-14-15-31-25-28-42-39(29-31)38-27-26-35(30-43(38)49-42)48(34-20-10-5-11-21-34)46-44(45)32-16-6-3-7-17-32/h2-14,16-28,30,39H,1,15,29H2,(H2,45,46)/b23-14-. The van der Waals surface area contributed by atoms with E-state index in [1.54, 1.807) is 0 Å². The highest BCUT2D eigenvalue weighted by Crippen LogP contribution is 2.48. The van der Waals surface area contributed by atoms with Crippen molar-refractivity contribution in [1.29, 1.82) is 5.41 Å². The smallest absolute Gasteiger partial charge is 0.144 e. The SMILES string of the molecule is C=Cc1c(/C=C\CC2=CC=C3Oc4cc(N(NC(=N)c5ccccc5)c5ccccc5)ccc4C3C2)c2ccccc2n1-c1ccccc1. The van der Waals surface area contributed by atoms with E-state index in [0.717, 1.165) is 52.7 Å². The van der Waals surface area contributed by atoms with Gasteiger partial charge in [-0.15, -0.1) is 0 Å². The number of para-hydroxylation sites is 3. The van der Waals surface area contributed by atoms with Crippen molar-refractivity contribution in [1.82, 2.24) is 9.99 Å². The van der Waals surface area contributed by atoms with Crippen LogP contribution in [0, 0.1) is 5.41 Å². The Kier molecular flexibility index (Phi) is 8.00. The fourth-order valence-electron chi connectivity index (χ4n) is 6.91. The second kappa shape index (κ2) is 13.1. The minimum absolute atomic E-state index is 0.182. The first-order valence-electron chi connectivity index (χ1n) is 16.6. The molecule has 6 aromatic rings. The highest BCUT2D eigenvalue weighted by Gasteiger charge is 2.32. The molecule has 5 aromatic carbocycles. The first kappa shape index (κ1) is 30.0. The molecule has 2 heterocycles. The van der Waals surface area contributed by atoms with Crippen molar-refractivity contribution in [3.63, 3.8) is 0 Å². The molecular weight excluding hydrogens is 601 g/mol. The summed E-state index contributed by atoms with van der Waals surface area (Å²) in [5.41, 5.74) is 13.1. The number of amidine groups is 1. The second-order valence-electron chi connectivity index (χ2n) is 12.3. The van der Waals surface area contributed by atoms with E-state index in [2.05, 4.69) is 108 Å². The number of nitrogens with zero attached hydrogens (tertiary/aromatic N) is 2. The fraction of sp³-hybridized carbons (Fsp3) is 0.0682. The number of benzene rings is 5. The zero-order valence-electron chi connectivity index (χ0n) is 27.1. The molecule has 49 heavy (non-hydrogen) atoms. The van der Waals surface area contributed by atoms with Crippen molar-refractivity contribution < 1.29 is 4.74 Å². The van der Waals surface area contributed by atoms with Crippen molar-refractivity contribution >= 4 is 40.3 Å². The number of aromatic nitrogens is 1. The number of hydrogen-bond donors (Lipinski definition) is 2. The maximum absolute atomic E-state index is 8.77. The van der Waals surface area contributed by atoms with Crippen LogP contribution >= 0.6 is 0 Å². The molecule has 0 spiro atoms. The zero-order valence-corrected chi connectivity index (χ0v) is 27.1. The van der Waals surface area contributed by atoms with E-state index in [-0.39, 0.29) is 5.92 Å². The Morgan fingerprint density at radius 2 is 1.55 bits per heavy atom. The minimum atomic E-state index is 0.182. The summed E-state index contributed by atoms with van der Waals surface area (Å²) in [5.74, 6) is 2.34. The van der Waals surface area contributed by atoms with Crippen LogP contribution < -0.4 is 15.2 Å². The molecule has 1 aliphatic carbocycles. The largest absolute Gasteiger partial charge is 0.461 e. The topological polar surface area (TPSA) is 53.3 Å². The van der Waals surface area contributed by atoms with E-state index in [4.69, 9.17) is 10.1 Å². The van der Waals surface area contributed by atoms with Gasteiger partial charge in [0.15, 0.2) is 0 Å². The van der Waals surface area contributed by atoms with E-state index in [1.807, 2.05) is 77.8 Å². The Bertz CT molecular complexity index is 2260. The predicted octanol–water partition coefficient (Wildman–Crippen LogP) is 10.7. The van der Waals surface area contributed by atoms with Crippen LogP contribution in [0.1, 0.15) is 41.1 Å². The van der Waals surface area contributed by atoms with Gasteiger partial charge in [0.1, 0.15) is 17.3 Å². The number of ether oxygens (including phenoxy) is 1. The minimum Gasteiger partial charge on any atom is -0.461 e. The van der Waals surface area contributed by atoms with Crippen LogP contribution in [0.5, 0.6) is 5.75 Å². The monoisotopic (exact) mass is 636 g/mol. The fourth-order valence-corrected chi connectivity index (χ4v) is 6.91. The summed E-state index contributed by atoms with van der Waals surface area (Å²) in [6, 6.07) is 45.2. The van der Waals surface area contributed by atoms with Crippen molar-refractivity contribution in [3.8, 4) is 11.4 Å². The summed E-state index contributed by atoms with van der Waals surface area (Å²) in [7, 11) is 0. The molecule has 1 unspecified atom stereocenters. The highest BCUT2D eigenvalue weighted by molar-refractivity contribution is 5.98. The average molecular weight is 637 g/mol. The maximum Gasteiger partial charge on any atom is 0.144 e. The number of hydrogen-bond acceptors (Lipinski definition) is 3. The Balaban J connectivity index is 1.02. The molecule has 2 aliphatic rings. The van der Waals surface area contributed by atoms with Gasteiger partial charge in [-0.05, 0) is 61.4 Å². The maximum atomic E-state index is 8.77. The normalized spacial score (nSPS) is 14.8. The Hall–Kier alpha value is -6.33. The Labute approximate surface area is 286 Å². The van der Waals surface area contributed by atoms with Crippen molar-refractivity contribution in [3.05, 3.63) is 192 Å². The van der Waals surface area contributed by atoms with E-state index >= 15 is 0 Å². The lowest BCUT2D eigenvalue weighted by molar-refractivity contribution is 0.423. The number of fused-ring (bicyclic) bond motifs is 4. The van der Waals surface area contributed by atoms with Crippen LogP contribution in [0.4, 0.5) is 11.4 Å². The molecule has 238 valence electrons. The van der Waals surface area contributed by atoms with Crippen LogP contribution in [0.15, 0.2) is 170 Å². The van der Waals surface area contributed by atoms with Gasteiger partial charge in [0.05, 0.1) is 22.6 Å². The van der Waals surface area contributed by atoms with Crippen molar-refractivity contribution in [2.45, 2.75) is 18.8 Å². The van der Waals surface area contributed by atoms with Crippen LogP contribution in [0.2, 0.25) is 0 Å². The van der Waals surface area contributed by atoms with E-state index in [1.165, 1.54) is 27.6 Å². The van der Waals surface area contributed by atoms with Gasteiger partial charge in [-0.3, -0.25) is 15.8 Å². The highest BCUT2D eigenvalue weighted by atomic mass is 16.5. The predicted molar refractivity (Wildman–Crippen MR) is 203 cm³/mol. The first-order valence-corrected chi connectivity index (χ1v) is 16.6. The summed E-state index contributed by atoms with van der Waals surface area (Å²) >= 11 is 0. The third-order valence-corrected chi connectivity index (χ3v) is 9.28. The van der Waals surface area contributed by atoms with Gasteiger partial charge in [0.2, 0.25) is 0 Å². The lowest BCUT2D eigenvalue weighted by Crippen LogP contribution is -2.39. The molecule has 0 fully saturated rings. The molecular formula is C44H36N4O. The Morgan fingerprint density at radius 1 is 0.837 bits per heavy atom. The molecule has 0 bridgehead atoms. The molecule has 2 N–H and O–H groups in total. The molecule has 0 amide bonds. The third-order valence-electron chi connectivity index (χ3n) is 9.28. The number of hydrazine groups is 1. The summed E-state index contributed by atoms with van der Waals surface area (Å²) < 4.78 is 8.74. The molecule has 0 radical (unpaired) electrons. The van der Waals surface area contributed by atoms with Gasteiger partial charge in [-0.1, -0.05) is 121 Å². The number of anilines is 2. The van der Waals surface area contributed by atoms with Crippen LogP contribution in [-0.2, 0) is 0 Å². The molecule has 1 aromatic heterocycles. The zero-order chi connectivity index (χ0) is 33.2. The van der Waals surface area contributed by atoms with Gasteiger partial charge in [-0.2, -0.15) is 0 Å². The summed E-state index contributed by atoms with van der Waals surface area (Å²) in [4.78, 5) is 0. The van der Waals surface area contributed by atoms with E-state index in [9.17, 15) is 0 Å². The van der Waals surface area contributed by atoms with Crippen LogP contribution in [0.3, 0.4) is 0 Å². The van der Waals surface area contributed by atoms with Gasteiger partial charge in [0.25, 0.3) is 0 Å². The first-order chi connectivity index (χ1) is 24.2. The van der Waals surface area contributed by atoms with E-state index < -0.39 is 0 Å². The van der Waals surface area contributed by atoms with Crippen LogP contribution in [-0.4, -0.2) is 10.4 Å². The van der Waals surface area contributed by atoms with Gasteiger partial charge >= 0.3 is 0 Å². The average Bonchev–Trinajstić information content (AvgIpc) is 3.69. The number of rotatable bonds is 9. The second-order valence-corrected chi connectivity index (χ2v) is 12.3. The van der Waals surface area contributed by atoms with Crippen molar-refractivity contribution in [2.24, 2.45) is 0 Å². The van der Waals surface area contributed by atoms with Gasteiger partial charge < -0.3 is 9.30 Å². The Morgan fingerprint density at radius 3 is 2.33 bits per heavy atom. The van der Waals surface area contributed by atoms with Crippen molar-refractivity contribution in [2.75, 3.05) is 5.01 Å². The summed E-state index contributed by atoms with van der Waals surface area (Å²) in [5, 5.41) is 11.9. The lowest BCUT2D eigenvalue weighted by atomic mass is 9.86. The molecule has 1 aliphatic heterocycles. The molecule has 5 heteroatoms. The quantitative estimate of drug-likeness (QED) is 0.0943. The number of nitrogens with one attached hydrogen (secondary N) is 2.